The number of carbonyl (C=O) groups is 3. The minimum atomic E-state index is -0.738. The van der Waals surface area contributed by atoms with E-state index in [1.54, 1.807) is 6.92 Å². The molecular weight excluding hydrogens is 252 g/mol. The van der Waals surface area contributed by atoms with Crippen LogP contribution < -0.4 is 5.32 Å². The summed E-state index contributed by atoms with van der Waals surface area (Å²) in [6, 6.07) is -1.30. The zero-order valence-corrected chi connectivity index (χ0v) is 11.5. The van der Waals surface area contributed by atoms with E-state index < -0.39 is 24.1 Å². The highest BCUT2D eigenvalue weighted by molar-refractivity contribution is 5.89. The van der Waals surface area contributed by atoms with Gasteiger partial charge in [0.2, 0.25) is 5.91 Å². The monoisotopic (exact) mass is 272 g/mol. The molecule has 1 N–H and O–H groups in total. The first-order chi connectivity index (χ1) is 9.01. The molecule has 2 amide bonds. The van der Waals surface area contributed by atoms with Crippen molar-refractivity contribution in [3.63, 3.8) is 0 Å². The van der Waals surface area contributed by atoms with Crippen LogP contribution in [0.3, 0.4) is 0 Å². The summed E-state index contributed by atoms with van der Waals surface area (Å²) in [6.07, 6.45) is 1.63. The summed E-state index contributed by atoms with van der Waals surface area (Å²) in [5.41, 5.74) is 0. The molecule has 0 bridgehead atoms. The van der Waals surface area contributed by atoms with Crippen LogP contribution in [0, 0.1) is 0 Å². The number of likely N-dealkylation sites (tertiary alicyclic amines) is 1. The third kappa shape index (κ3) is 3.84. The Balaban J connectivity index is 2.71. The van der Waals surface area contributed by atoms with E-state index in [2.05, 4.69) is 10.1 Å². The second-order valence-corrected chi connectivity index (χ2v) is 4.42. The van der Waals surface area contributed by atoms with Gasteiger partial charge in [-0.3, -0.25) is 4.79 Å². The second-order valence-electron chi connectivity index (χ2n) is 4.42. The van der Waals surface area contributed by atoms with Crippen molar-refractivity contribution in [1.29, 1.82) is 0 Å². The smallest absolute Gasteiger partial charge is 0.407 e. The number of hydrogen-bond acceptors (Lipinski definition) is 5. The van der Waals surface area contributed by atoms with E-state index in [1.807, 2.05) is 0 Å². The first-order valence-electron chi connectivity index (χ1n) is 6.24. The van der Waals surface area contributed by atoms with Crippen molar-refractivity contribution in [1.82, 2.24) is 10.2 Å². The molecule has 0 saturated carbocycles. The van der Waals surface area contributed by atoms with Crippen molar-refractivity contribution >= 4 is 18.0 Å². The van der Waals surface area contributed by atoms with Crippen LogP contribution in [-0.4, -0.2) is 55.7 Å². The average Bonchev–Trinajstić information content (AvgIpc) is 2.45. The second kappa shape index (κ2) is 6.96. The van der Waals surface area contributed by atoms with Crippen molar-refractivity contribution < 1.29 is 23.9 Å². The maximum absolute atomic E-state index is 12.2. The summed E-state index contributed by atoms with van der Waals surface area (Å²) in [5, 5.41) is 2.40. The molecule has 0 aromatic heterocycles. The Labute approximate surface area is 112 Å². The minimum absolute atomic E-state index is 0.305. The Kier molecular flexibility index (Phi) is 5.59. The molecule has 0 unspecified atom stereocenters. The third-order valence-corrected chi connectivity index (χ3v) is 3.15. The standard InChI is InChI=1S/C12H20N2O5/c1-8(13-12(17)19-3)10(15)14-7-5-4-6-9(14)11(16)18-2/h8-9H,4-7H2,1-3H3,(H,13,17)/t8-,9-/m0/s1. The predicted octanol–water partition coefficient (Wildman–Crippen LogP) is 0.285. The third-order valence-electron chi connectivity index (χ3n) is 3.15. The molecule has 1 fully saturated rings. The van der Waals surface area contributed by atoms with Crippen LogP contribution in [0.1, 0.15) is 26.2 Å². The highest BCUT2D eigenvalue weighted by Gasteiger charge is 2.35. The molecule has 1 rings (SSSR count). The van der Waals surface area contributed by atoms with Crippen LogP contribution >= 0.6 is 0 Å². The fraction of sp³-hybridized carbons (Fsp3) is 0.750. The van der Waals surface area contributed by atoms with E-state index in [0.717, 1.165) is 12.8 Å². The highest BCUT2D eigenvalue weighted by Crippen LogP contribution is 2.19. The molecule has 7 nitrogen and oxygen atoms in total. The number of ether oxygens (including phenoxy) is 2. The van der Waals surface area contributed by atoms with Gasteiger partial charge < -0.3 is 19.7 Å². The molecule has 0 aromatic carbocycles. The zero-order chi connectivity index (χ0) is 14.4. The quantitative estimate of drug-likeness (QED) is 0.746. The molecule has 1 heterocycles. The summed E-state index contributed by atoms with van der Waals surface area (Å²) in [7, 11) is 2.53. The van der Waals surface area contributed by atoms with Crippen molar-refractivity contribution in [2.24, 2.45) is 0 Å². The largest absolute Gasteiger partial charge is 0.467 e. The van der Waals surface area contributed by atoms with Crippen molar-refractivity contribution in [2.75, 3.05) is 20.8 Å². The molecule has 108 valence electrons. The van der Waals surface area contributed by atoms with Gasteiger partial charge in [-0.25, -0.2) is 9.59 Å². The number of alkyl carbamates (subject to hydrolysis) is 1. The molecule has 0 aromatic rings. The van der Waals surface area contributed by atoms with Crippen LogP contribution in [0.15, 0.2) is 0 Å². The number of carbonyl (C=O) groups excluding carboxylic acids is 3. The van der Waals surface area contributed by atoms with Gasteiger partial charge in [0.1, 0.15) is 12.1 Å². The molecule has 1 aliphatic rings. The number of nitrogens with one attached hydrogen (secondary N) is 1. The van der Waals surface area contributed by atoms with E-state index in [0.29, 0.717) is 13.0 Å². The Morgan fingerprint density at radius 1 is 1.21 bits per heavy atom. The number of hydrogen-bond donors (Lipinski definition) is 1. The zero-order valence-electron chi connectivity index (χ0n) is 11.5. The molecule has 7 heteroatoms. The molecular formula is C12H20N2O5. The van der Waals surface area contributed by atoms with Crippen LogP contribution in [0.2, 0.25) is 0 Å². The van der Waals surface area contributed by atoms with E-state index in [1.165, 1.54) is 19.1 Å². The normalized spacial score (nSPS) is 20.4. The molecule has 2 atom stereocenters. The number of nitrogens with zero attached hydrogens (tertiary/aromatic N) is 1. The molecule has 19 heavy (non-hydrogen) atoms. The highest BCUT2D eigenvalue weighted by atomic mass is 16.5. The van der Waals surface area contributed by atoms with Crippen molar-refractivity contribution in [3.05, 3.63) is 0 Å². The molecule has 0 aliphatic carbocycles. The first-order valence-corrected chi connectivity index (χ1v) is 6.24. The number of esters is 1. The van der Waals surface area contributed by atoms with Gasteiger partial charge in [-0.05, 0) is 26.2 Å². The van der Waals surface area contributed by atoms with Crippen molar-refractivity contribution in [2.45, 2.75) is 38.3 Å². The Hall–Kier alpha value is -1.79. The van der Waals surface area contributed by atoms with Gasteiger partial charge in [0.15, 0.2) is 0 Å². The lowest BCUT2D eigenvalue weighted by atomic mass is 10.0. The number of rotatable bonds is 3. The van der Waals surface area contributed by atoms with E-state index >= 15 is 0 Å². The lowest BCUT2D eigenvalue weighted by Crippen LogP contribution is -2.54. The van der Waals surface area contributed by atoms with Gasteiger partial charge in [0.05, 0.1) is 14.2 Å². The number of methoxy groups -OCH3 is 2. The van der Waals surface area contributed by atoms with Gasteiger partial charge in [0.25, 0.3) is 0 Å². The molecule has 1 saturated heterocycles. The summed E-state index contributed by atoms with van der Waals surface area (Å²) in [6.45, 7) is 2.05. The first kappa shape index (κ1) is 15.3. The van der Waals surface area contributed by atoms with E-state index in [4.69, 9.17) is 4.74 Å². The van der Waals surface area contributed by atoms with Crippen LogP contribution in [-0.2, 0) is 19.1 Å². The van der Waals surface area contributed by atoms with Crippen LogP contribution in [0.25, 0.3) is 0 Å². The van der Waals surface area contributed by atoms with Gasteiger partial charge in [-0.2, -0.15) is 0 Å². The van der Waals surface area contributed by atoms with Crippen molar-refractivity contribution in [3.8, 4) is 0 Å². The topological polar surface area (TPSA) is 84.9 Å². The summed E-state index contributed by atoms with van der Waals surface area (Å²) in [4.78, 5) is 36.4. The van der Waals surface area contributed by atoms with Crippen LogP contribution in [0.5, 0.6) is 0 Å². The SMILES string of the molecule is COC(=O)N[C@@H](C)C(=O)N1CCCC[C@H]1C(=O)OC. The fourth-order valence-electron chi connectivity index (χ4n) is 2.12. The maximum Gasteiger partial charge on any atom is 0.407 e. The minimum Gasteiger partial charge on any atom is -0.467 e. The van der Waals surface area contributed by atoms with Gasteiger partial charge in [-0.1, -0.05) is 0 Å². The average molecular weight is 272 g/mol. The Morgan fingerprint density at radius 2 is 1.89 bits per heavy atom. The lowest BCUT2D eigenvalue weighted by molar-refractivity contribution is -0.155. The van der Waals surface area contributed by atoms with Gasteiger partial charge >= 0.3 is 12.1 Å². The predicted molar refractivity (Wildman–Crippen MR) is 66.4 cm³/mol. The van der Waals surface area contributed by atoms with Crippen LogP contribution in [0.4, 0.5) is 4.79 Å². The van der Waals surface area contributed by atoms with Gasteiger partial charge in [0, 0.05) is 6.54 Å². The number of amides is 2. The van der Waals surface area contributed by atoms with E-state index in [-0.39, 0.29) is 5.91 Å². The molecule has 0 radical (unpaired) electrons. The Bertz CT molecular complexity index is 358. The fourth-order valence-corrected chi connectivity index (χ4v) is 2.12. The summed E-state index contributed by atoms with van der Waals surface area (Å²) in [5.74, 6) is -0.723. The van der Waals surface area contributed by atoms with E-state index in [9.17, 15) is 14.4 Å². The summed E-state index contributed by atoms with van der Waals surface area (Å²) >= 11 is 0. The van der Waals surface area contributed by atoms with Gasteiger partial charge in [-0.15, -0.1) is 0 Å². The lowest BCUT2D eigenvalue weighted by Gasteiger charge is -2.35. The molecule has 1 aliphatic heterocycles. The molecule has 0 spiro atoms. The summed E-state index contributed by atoms with van der Waals surface area (Å²) < 4.78 is 9.15. The maximum atomic E-state index is 12.2. The number of piperidine rings is 1. The Morgan fingerprint density at radius 3 is 2.47 bits per heavy atom.